The summed E-state index contributed by atoms with van der Waals surface area (Å²) in [4.78, 5) is 13.8. The first kappa shape index (κ1) is 13.7. The Morgan fingerprint density at radius 2 is 1.90 bits per heavy atom. The van der Waals surface area contributed by atoms with E-state index < -0.39 is 11.6 Å². The highest BCUT2D eigenvalue weighted by Crippen LogP contribution is 2.26. The number of amides is 1. The molecule has 2 aromatic rings. The van der Waals surface area contributed by atoms with Crippen molar-refractivity contribution in [3.8, 4) is 11.3 Å². The van der Waals surface area contributed by atoms with Crippen molar-refractivity contribution in [3.63, 3.8) is 0 Å². The molecule has 1 aromatic heterocycles. The largest absolute Gasteiger partial charge is 0.355 e. The zero-order chi connectivity index (χ0) is 14.8. The van der Waals surface area contributed by atoms with E-state index in [-0.39, 0.29) is 22.9 Å². The summed E-state index contributed by atoms with van der Waals surface area (Å²) in [6.45, 7) is 2.54. The Balaban J connectivity index is 1.88. The molecule has 21 heavy (non-hydrogen) atoms. The number of aromatic nitrogens is 1. The second-order valence-electron chi connectivity index (χ2n) is 4.72. The molecule has 1 aliphatic rings. The van der Waals surface area contributed by atoms with Crippen LogP contribution in [0, 0.1) is 11.6 Å². The van der Waals surface area contributed by atoms with Crippen LogP contribution in [-0.2, 0) is 0 Å². The fourth-order valence-corrected chi connectivity index (χ4v) is 2.26. The molecule has 1 aromatic carbocycles. The van der Waals surface area contributed by atoms with E-state index in [0.717, 1.165) is 12.1 Å². The highest BCUT2D eigenvalue weighted by Gasteiger charge is 2.23. The van der Waals surface area contributed by atoms with Crippen LogP contribution in [-0.4, -0.2) is 42.1 Å². The van der Waals surface area contributed by atoms with Gasteiger partial charge in [-0.05, 0) is 12.1 Å². The highest BCUT2D eigenvalue weighted by molar-refractivity contribution is 5.93. The van der Waals surface area contributed by atoms with Gasteiger partial charge in [0.2, 0.25) is 0 Å². The Bertz CT molecular complexity index is 646. The van der Waals surface area contributed by atoms with Gasteiger partial charge in [0.15, 0.2) is 11.5 Å². The molecule has 2 heterocycles. The van der Waals surface area contributed by atoms with Crippen LogP contribution in [0.2, 0.25) is 0 Å². The molecule has 1 saturated heterocycles. The molecule has 0 atom stereocenters. The first-order chi connectivity index (χ1) is 10.2. The molecule has 0 saturated carbocycles. The predicted molar refractivity (Wildman–Crippen MR) is 70.6 cm³/mol. The normalized spacial score (nSPS) is 15.2. The lowest BCUT2D eigenvalue weighted by Gasteiger charge is -2.26. The summed E-state index contributed by atoms with van der Waals surface area (Å²) in [6.07, 6.45) is 0. The lowest BCUT2D eigenvalue weighted by molar-refractivity contribution is 0.0725. The minimum absolute atomic E-state index is 0.0505. The van der Waals surface area contributed by atoms with Gasteiger partial charge in [0.25, 0.3) is 5.91 Å². The van der Waals surface area contributed by atoms with Crippen LogP contribution in [0.25, 0.3) is 11.3 Å². The van der Waals surface area contributed by atoms with Crippen molar-refractivity contribution >= 4 is 5.91 Å². The van der Waals surface area contributed by atoms with E-state index in [1.807, 2.05) is 0 Å². The maximum absolute atomic E-state index is 13.7. The zero-order valence-corrected chi connectivity index (χ0v) is 11.1. The van der Waals surface area contributed by atoms with Crippen molar-refractivity contribution in [1.82, 2.24) is 15.4 Å². The van der Waals surface area contributed by atoms with Gasteiger partial charge in [-0.15, -0.1) is 0 Å². The molecule has 3 rings (SSSR count). The summed E-state index contributed by atoms with van der Waals surface area (Å²) >= 11 is 0. The summed E-state index contributed by atoms with van der Waals surface area (Å²) in [5, 5.41) is 6.76. The van der Waals surface area contributed by atoms with Crippen LogP contribution in [0.15, 0.2) is 28.8 Å². The van der Waals surface area contributed by atoms with E-state index in [0.29, 0.717) is 26.2 Å². The molecular formula is C14H13F2N3O2. The molecule has 0 aliphatic carbocycles. The molecule has 0 unspecified atom stereocenters. The van der Waals surface area contributed by atoms with Crippen LogP contribution >= 0.6 is 0 Å². The summed E-state index contributed by atoms with van der Waals surface area (Å²) in [7, 11) is 0. The maximum atomic E-state index is 13.7. The Labute approximate surface area is 119 Å². The van der Waals surface area contributed by atoms with Crippen molar-refractivity contribution in [2.24, 2.45) is 0 Å². The molecule has 110 valence electrons. The third-order valence-electron chi connectivity index (χ3n) is 3.34. The molecule has 5 nitrogen and oxygen atoms in total. The van der Waals surface area contributed by atoms with E-state index in [2.05, 4.69) is 10.5 Å². The molecule has 0 bridgehead atoms. The van der Waals surface area contributed by atoms with Gasteiger partial charge in [-0.2, -0.15) is 0 Å². The van der Waals surface area contributed by atoms with Gasteiger partial charge in [-0.3, -0.25) is 4.79 Å². The Morgan fingerprint density at radius 1 is 1.24 bits per heavy atom. The predicted octanol–water partition coefficient (Wildman–Crippen LogP) is 1.67. The van der Waals surface area contributed by atoms with Crippen LogP contribution in [0.5, 0.6) is 0 Å². The SMILES string of the molecule is O=C(c1cc(-c2c(F)cccc2F)on1)N1CCNCC1. The standard InChI is InChI=1S/C14H13F2N3O2/c15-9-2-1-3-10(16)13(9)12-8-11(18-21-12)14(20)19-6-4-17-5-7-19/h1-3,8,17H,4-7H2. The molecule has 1 fully saturated rings. The highest BCUT2D eigenvalue weighted by atomic mass is 19.1. The fraction of sp³-hybridized carbons (Fsp3) is 0.286. The smallest absolute Gasteiger partial charge is 0.276 e. The monoisotopic (exact) mass is 293 g/mol. The summed E-state index contributed by atoms with van der Waals surface area (Å²) in [6, 6.07) is 4.78. The fourth-order valence-electron chi connectivity index (χ4n) is 2.26. The van der Waals surface area contributed by atoms with Crippen molar-refractivity contribution in [2.75, 3.05) is 26.2 Å². The molecule has 0 radical (unpaired) electrons. The summed E-state index contributed by atoms with van der Waals surface area (Å²) in [5.41, 5.74) is -0.265. The number of halogens is 2. The number of carbonyl (C=O) groups excluding carboxylic acids is 1. The van der Waals surface area contributed by atoms with Gasteiger partial charge in [0, 0.05) is 32.2 Å². The number of nitrogens with one attached hydrogen (secondary N) is 1. The number of nitrogens with zero attached hydrogens (tertiary/aromatic N) is 2. The average Bonchev–Trinajstić information content (AvgIpc) is 2.97. The molecular weight excluding hydrogens is 280 g/mol. The minimum Gasteiger partial charge on any atom is -0.355 e. The first-order valence-electron chi connectivity index (χ1n) is 6.58. The average molecular weight is 293 g/mol. The van der Waals surface area contributed by atoms with Crippen molar-refractivity contribution in [3.05, 3.63) is 41.6 Å². The lowest BCUT2D eigenvalue weighted by Crippen LogP contribution is -2.46. The molecule has 7 heteroatoms. The maximum Gasteiger partial charge on any atom is 0.276 e. The number of piperazine rings is 1. The summed E-state index contributed by atoms with van der Waals surface area (Å²) < 4.78 is 32.3. The van der Waals surface area contributed by atoms with Crippen LogP contribution < -0.4 is 5.32 Å². The topological polar surface area (TPSA) is 58.4 Å². The van der Waals surface area contributed by atoms with Gasteiger partial charge in [-0.1, -0.05) is 11.2 Å². The van der Waals surface area contributed by atoms with Gasteiger partial charge < -0.3 is 14.7 Å². The number of carbonyl (C=O) groups is 1. The molecule has 1 aliphatic heterocycles. The molecule has 0 spiro atoms. The van der Waals surface area contributed by atoms with Gasteiger partial charge in [0.1, 0.15) is 11.6 Å². The van der Waals surface area contributed by atoms with Crippen LogP contribution in [0.4, 0.5) is 8.78 Å². The number of rotatable bonds is 2. The van der Waals surface area contributed by atoms with E-state index in [1.165, 1.54) is 12.1 Å². The van der Waals surface area contributed by atoms with Gasteiger partial charge in [0.05, 0.1) is 5.56 Å². The van der Waals surface area contributed by atoms with Gasteiger partial charge >= 0.3 is 0 Å². The van der Waals surface area contributed by atoms with E-state index >= 15 is 0 Å². The van der Waals surface area contributed by atoms with E-state index in [1.54, 1.807) is 4.90 Å². The quantitative estimate of drug-likeness (QED) is 0.915. The van der Waals surface area contributed by atoms with Crippen LogP contribution in [0.3, 0.4) is 0 Å². The number of hydrogen-bond acceptors (Lipinski definition) is 4. The molecule has 1 N–H and O–H groups in total. The number of hydrogen-bond donors (Lipinski definition) is 1. The van der Waals surface area contributed by atoms with Crippen LogP contribution in [0.1, 0.15) is 10.5 Å². The van der Waals surface area contributed by atoms with E-state index in [9.17, 15) is 13.6 Å². The van der Waals surface area contributed by atoms with E-state index in [4.69, 9.17) is 4.52 Å². The third-order valence-corrected chi connectivity index (χ3v) is 3.34. The summed E-state index contributed by atoms with van der Waals surface area (Å²) in [5.74, 6) is -1.91. The lowest BCUT2D eigenvalue weighted by atomic mass is 10.1. The Morgan fingerprint density at radius 3 is 2.57 bits per heavy atom. The third kappa shape index (κ3) is 2.64. The number of benzene rings is 1. The Kier molecular flexibility index (Phi) is 3.66. The Hall–Kier alpha value is -2.28. The molecule has 1 amide bonds. The van der Waals surface area contributed by atoms with Gasteiger partial charge in [-0.25, -0.2) is 8.78 Å². The minimum atomic E-state index is -0.757. The zero-order valence-electron chi connectivity index (χ0n) is 11.1. The second-order valence-corrected chi connectivity index (χ2v) is 4.72. The van der Waals surface area contributed by atoms with Crippen molar-refractivity contribution in [2.45, 2.75) is 0 Å². The second kappa shape index (κ2) is 5.61. The first-order valence-corrected chi connectivity index (χ1v) is 6.58. The van der Waals surface area contributed by atoms with Crippen molar-refractivity contribution in [1.29, 1.82) is 0 Å². The van der Waals surface area contributed by atoms with Crippen molar-refractivity contribution < 1.29 is 18.1 Å².